The largest absolute Gasteiger partial charge is 0.375 e. The molecular weight excluding hydrogens is 338 g/mol. The van der Waals surface area contributed by atoms with Crippen LogP contribution in [0, 0.1) is 13.8 Å². The molecule has 0 radical (unpaired) electrons. The molecule has 1 atom stereocenters. The zero-order valence-electron chi connectivity index (χ0n) is 15.0. The van der Waals surface area contributed by atoms with Gasteiger partial charge >= 0.3 is 0 Å². The highest BCUT2D eigenvalue weighted by molar-refractivity contribution is 7.89. The highest BCUT2D eigenvalue weighted by atomic mass is 32.2. The monoisotopic (exact) mass is 363 g/mol. The van der Waals surface area contributed by atoms with Gasteiger partial charge in [-0.2, -0.15) is 9.40 Å². The van der Waals surface area contributed by atoms with E-state index in [9.17, 15) is 8.42 Å². The molecule has 1 saturated heterocycles. The van der Waals surface area contributed by atoms with Crippen molar-refractivity contribution in [2.45, 2.75) is 37.7 Å². The maximum absolute atomic E-state index is 13.1. The minimum atomic E-state index is -3.55. The number of rotatable bonds is 5. The minimum absolute atomic E-state index is 0.0824. The standard InChI is InChI=1S/C18H25N3O3S/c1-14-18(15(2)20(3)19-14)25(22,23)21-11-12-24-17(13-21)10-9-16-7-5-4-6-8-16/h4-8,17H,9-13H2,1-3H3. The SMILES string of the molecule is Cc1nn(C)c(C)c1S(=O)(=O)N1CCOC(CCc2ccccc2)C1. The van der Waals surface area contributed by atoms with E-state index in [1.54, 1.807) is 29.9 Å². The zero-order valence-corrected chi connectivity index (χ0v) is 15.8. The molecule has 2 aromatic rings. The Morgan fingerprint density at radius 3 is 2.60 bits per heavy atom. The lowest BCUT2D eigenvalue weighted by atomic mass is 10.1. The van der Waals surface area contributed by atoms with E-state index in [0.29, 0.717) is 36.0 Å². The van der Waals surface area contributed by atoms with Crippen LogP contribution in [0.3, 0.4) is 0 Å². The summed E-state index contributed by atoms with van der Waals surface area (Å²) in [4.78, 5) is 0.332. The van der Waals surface area contributed by atoms with Crippen LogP contribution in [0.15, 0.2) is 35.2 Å². The molecule has 1 aliphatic rings. The lowest BCUT2D eigenvalue weighted by Gasteiger charge is -2.32. The van der Waals surface area contributed by atoms with E-state index >= 15 is 0 Å². The van der Waals surface area contributed by atoms with Crippen LogP contribution in [0.2, 0.25) is 0 Å². The van der Waals surface area contributed by atoms with Gasteiger partial charge in [0.1, 0.15) is 4.90 Å². The molecule has 7 heteroatoms. The van der Waals surface area contributed by atoms with Crippen LogP contribution in [0.25, 0.3) is 0 Å². The third kappa shape index (κ3) is 3.78. The zero-order chi connectivity index (χ0) is 18.0. The van der Waals surface area contributed by atoms with Crippen molar-refractivity contribution in [3.8, 4) is 0 Å². The van der Waals surface area contributed by atoms with E-state index in [1.807, 2.05) is 18.2 Å². The Kier molecular flexibility index (Phi) is 5.27. The Bertz CT molecular complexity index is 831. The van der Waals surface area contributed by atoms with Crippen LogP contribution in [0.1, 0.15) is 23.4 Å². The van der Waals surface area contributed by atoms with Gasteiger partial charge < -0.3 is 4.74 Å². The van der Waals surface area contributed by atoms with E-state index in [1.165, 1.54) is 5.56 Å². The second-order valence-corrected chi connectivity index (χ2v) is 8.38. The Morgan fingerprint density at radius 2 is 1.96 bits per heavy atom. The van der Waals surface area contributed by atoms with E-state index in [0.717, 1.165) is 12.8 Å². The first kappa shape index (κ1) is 18.1. The molecule has 0 saturated carbocycles. The van der Waals surface area contributed by atoms with Gasteiger partial charge in [-0.1, -0.05) is 30.3 Å². The van der Waals surface area contributed by atoms with Crippen LogP contribution in [0.5, 0.6) is 0 Å². The molecule has 3 rings (SSSR count). The lowest BCUT2D eigenvalue weighted by molar-refractivity contribution is -0.00528. The topological polar surface area (TPSA) is 64.4 Å². The van der Waals surface area contributed by atoms with Crippen molar-refractivity contribution < 1.29 is 13.2 Å². The summed E-state index contributed by atoms with van der Waals surface area (Å²) in [5.41, 5.74) is 2.46. The number of hydrogen-bond acceptors (Lipinski definition) is 4. The van der Waals surface area contributed by atoms with Gasteiger partial charge in [0.05, 0.1) is 24.1 Å². The van der Waals surface area contributed by atoms with E-state index in [4.69, 9.17) is 4.74 Å². The van der Waals surface area contributed by atoms with Gasteiger partial charge in [0.2, 0.25) is 10.0 Å². The van der Waals surface area contributed by atoms with Gasteiger partial charge in [-0.15, -0.1) is 0 Å². The maximum atomic E-state index is 13.1. The van der Waals surface area contributed by atoms with Gasteiger partial charge in [0.15, 0.2) is 0 Å². The number of nitrogens with zero attached hydrogens (tertiary/aromatic N) is 3. The Balaban J connectivity index is 1.72. The molecule has 2 heterocycles. The fourth-order valence-corrected chi connectivity index (χ4v) is 5.17. The predicted molar refractivity (Wildman–Crippen MR) is 95.9 cm³/mol. The van der Waals surface area contributed by atoms with Crippen molar-refractivity contribution in [2.24, 2.45) is 7.05 Å². The third-order valence-corrected chi connectivity index (χ3v) is 6.86. The summed E-state index contributed by atoms with van der Waals surface area (Å²) in [7, 11) is -1.78. The van der Waals surface area contributed by atoms with Crippen LogP contribution in [-0.4, -0.2) is 48.3 Å². The molecule has 0 amide bonds. The van der Waals surface area contributed by atoms with Crippen molar-refractivity contribution in [3.05, 3.63) is 47.3 Å². The summed E-state index contributed by atoms with van der Waals surface area (Å²) in [5.74, 6) is 0. The lowest BCUT2D eigenvalue weighted by Crippen LogP contribution is -2.45. The number of aromatic nitrogens is 2. The summed E-state index contributed by atoms with van der Waals surface area (Å²) >= 11 is 0. The molecule has 1 aromatic carbocycles. The molecule has 25 heavy (non-hydrogen) atoms. The Hall–Kier alpha value is -1.70. The first-order valence-corrected chi connectivity index (χ1v) is 9.99. The molecule has 1 fully saturated rings. The van der Waals surface area contributed by atoms with Gasteiger partial charge in [0, 0.05) is 20.1 Å². The molecule has 1 aliphatic heterocycles. The van der Waals surface area contributed by atoms with Gasteiger partial charge in [-0.25, -0.2) is 8.42 Å². The smallest absolute Gasteiger partial charge is 0.246 e. The number of benzene rings is 1. The van der Waals surface area contributed by atoms with Crippen LogP contribution in [-0.2, 0) is 28.2 Å². The first-order chi connectivity index (χ1) is 11.9. The molecule has 1 aromatic heterocycles. The van der Waals surface area contributed by atoms with Crippen LogP contribution < -0.4 is 0 Å². The second kappa shape index (κ2) is 7.27. The molecule has 136 valence electrons. The number of hydrogen-bond donors (Lipinski definition) is 0. The van der Waals surface area contributed by atoms with Crippen LogP contribution in [0.4, 0.5) is 0 Å². The van der Waals surface area contributed by atoms with Crippen LogP contribution >= 0.6 is 0 Å². The normalized spacial score (nSPS) is 19.2. The number of morpholine rings is 1. The summed E-state index contributed by atoms with van der Waals surface area (Å²) in [6.07, 6.45) is 1.60. The van der Waals surface area contributed by atoms with E-state index < -0.39 is 10.0 Å². The van der Waals surface area contributed by atoms with Gasteiger partial charge in [-0.05, 0) is 32.3 Å². The van der Waals surface area contributed by atoms with E-state index in [2.05, 4.69) is 17.2 Å². The minimum Gasteiger partial charge on any atom is -0.375 e. The van der Waals surface area contributed by atoms with Gasteiger partial charge in [-0.3, -0.25) is 4.68 Å². The van der Waals surface area contributed by atoms with Crippen molar-refractivity contribution >= 4 is 10.0 Å². The summed E-state index contributed by atoms with van der Waals surface area (Å²) < 4.78 is 35.1. The van der Waals surface area contributed by atoms with Crippen molar-refractivity contribution in [2.75, 3.05) is 19.7 Å². The average molecular weight is 363 g/mol. The van der Waals surface area contributed by atoms with Crippen molar-refractivity contribution in [3.63, 3.8) is 0 Å². The second-order valence-electron chi connectivity index (χ2n) is 6.50. The third-order valence-electron chi connectivity index (χ3n) is 4.74. The highest BCUT2D eigenvalue weighted by Gasteiger charge is 2.34. The number of ether oxygens (including phenoxy) is 1. The Morgan fingerprint density at radius 1 is 1.24 bits per heavy atom. The number of sulfonamides is 1. The van der Waals surface area contributed by atoms with Crippen molar-refractivity contribution in [1.82, 2.24) is 14.1 Å². The highest BCUT2D eigenvalue weighted by Crippen LogP contribution is 2.25. The van der Waals surface area contributed by atoms with Crippen molar-refractivity contribution in [1.29, 1.82) is 0 Å². The molecule has 0 aliphatic carbocycles. The first-order valence-electron chi connectivity index (χ1n) is 8.55. The molecule has 0 N–H and O–H groups in total. The quantitative estimate of drug-likeness (QED) is 0.816. The molecule has 0 spiro atoms. The number of aryl methyl sites for hydroxylation is 3. The van der Waals surface area contributed by atoms with Gasteiger partial charge in [0.25, 0.3) is 0 Å². The fourth-order valence-electron chi connectivity index (χ4n) is 3.31. The van der Waals surface area contributed by atoms with E-state index in [-0.39, 0.29) is 6.10 Å². The predicted octanol–water partition coefficient (Wildman–Crippen LogP) is 2.06. The molecular formula is C18H25N3O3S. The molecule has 1 unspecified atom stereocenters. The summed E-state index contributed by atoms with van der Waals surface area (Å²) in [6.45, 7) is 4.74. The molecule has 6 nitrogen and oxygen atoms in total. The fraction of sp³-hybridized carbons (Fsp3) is 0.500. The molecule has 0 bridgehead atoms. The average Bonchev–Trinajstić information content (AvgIpc) is 2.87. The Labute approximate surface area is 149 Å². The summed E-state index contributed by atoms with van der Waals surface area (Å²) in [6, 6.07) is 10.2. The maximum Gasteiger partial charge on any atom is 0.246 e. The summed E-state index contributed by atoms with van der Waals surface area (Å²) in [5, 5.41) is 4.25.